The molecule has 0 aliphatic carbocycles. The highest BCUT2D eigenvalue weighted by molar-refractivity contribution is 5.89. The van der Waals surface area contributed by atoms with Gasteiger partial charge < -0.3 is 14.8 Å². The Morgan fingerprint density at radius 2 is 1.58 bits per heavy atom. The van der Waals surface area contributed by atoms with E-state index in [1.54, 1.807) is 14.2 Å². The summed E-state index contributed by atoms with van der Waals surface area (Å²) in [6.45, 7) is 0. The van der Waals surface area contributed by atoms with Crippen LogP contribution < -0.4 is 14.8 Å². The van der Waals surface area contributed by atoms with E-state index < -0.39 is 0 Å². The predicted molar refractivity (Wildman–Crippen MR) is 74.7 cm³/mol. The van der Waals surface area contributed by atoms with Crippen molar-refractivity contribution in [2.24, 2.45) is 0 Å². The van der Waals surface area contributed by atoms with Gasteiger partial charge in [0, 0.05) is 11.3 Å². The van der Waals surface area contributed by atoms with E-state index in [0.29, 0.717) is 23.6 Å². The van der Waals surface area contributed by atoms with E-state index in [4.69, 9.17) is 9.47 Å². The van der Waals surface area contributed by atoms with E-state index >= 15 is 0 Å². The third-order valence-corrected chi connectivity index (χ3v) is 2.84. The molecule has 0 fully saturated rings. The lowest BCUT2D eigenvalue weighted by atomic mass is 10.0. The number of benzene rings is 2. The number of hydrogen-bond donors (Lipinski definition) is 1. The topological polar surface area (TPSA) is 47.6 Å². The Hall–Kier alpha value is -2.49. The summed E-state index contributed by atoms with van der Waals surface area (Å²) in [4.78, 5) is 10.7. The van der Waals surface area contributed by atoms with Gasteiger partial charge in [-0.3, -0.25) is 4.79 Å². The maximum absolute atomic E-state index is 10.7. The zero-order valence-electron chi connectivity index (χ0n) is 10.8. The summed E-state index contributed by atoms with van der Waals surface area (Å²) < 4.78 is 10.8. The predicted octanol–water partition coefficient (Wildman–Crippen LogP) is 2.94. The van der Waals surface area contributed by atoms with E-state index in [0.717, 1.165) is 11.1 Å². The molecular formula is C15H15NO3. The number of para-hydroxylation sites is 1. The third kappa shape index (κ3) is 2.52. The number of methoxy groups -OCH3 is 2. The minimum Gasteiger partial charge on any atom is -0.496 e. The number of nitrogens with one attached hydrogen (secondary N) is 1. The molecule has 1 amide bonds. The van der Waals surface area contributed by atoms with E-state index in [1.807, 2.05) is 42.5 Å². The molecule has 1 N–H and O–H groups in total. The van der Waals surface area contributed by atoms with Gasteiger partial charge >= 0.3 is 0 Å². The highest BCUT2D eigenvalue weighted by atomic mass is 16.5. The molecule has 2 rings (SSSR count). The first-order chi connectivity index (χ1) is 9.31. The van der Waals surface area contributed by atoms with Gasteiger partial charge in [0.2, 0.25) is 6.41 Å². The van der Waals surface area contributed by atoms with Gasteiger partial charge in [0.05, 0.1) is 19.8 Å². The molecule has 2 aromatic carbocycles. The number of rotatable bonds is 5. The molecule has 4 heteroatoms. The van der Waals surface area contributed by atoms with E-state index in [2.05, 4.69) is 5.32 Å². The standard InChI is InChI=1S/C15H15NO3/c1-18-13-8-5-9-14(19-2)15(13)11-6-3-4-7-12(11)16-10-17/h3-10H,1-2H3,(H,16,17). The second-order valence-corrected chi connectivity index (χ2v) is 3.85. The van der Waals surface area contributed by atoms with Crippen molar-refractivity contribution in [1.82, 2.24) is 0 Å². The quantitative estimate of drug-likeness (QED) is 0.838. The Bertz CT molecular complexity index is 559. The SMILES string of the molecule is COc1cccc(OC)c1-c1ccccc1NC=O. The van der Waals surface area contributed by atoms with Crippen molar-refractivity contribution < 1.29 is 14.3 Å². The van der Waals surface area contributed by atoms with Gasteiger partial charge in [-0.25, -0.2) is 0 Å². The summed E-state index contributed by atoms with van der Waals surface area (Å²) in [5.74, 6) is 1.39. The molecule has 0 bridgehead atoms. The normalized spacial score (nSPS) is 9.79. The van der Waals surface area contributed by atoms with Gasteiger partial charge in [0.1, 0.15) is 11.5 Å². The summed E-state index contributed by atoms with van der Waals surface area (Å²) in [5, 5.41) is 2.69. The molecule has 2 aromatic rings. The van der Waals surface area contributed by atoms with Gasteiger partial charge in [-0.15, -0.1) is 0 Å². The van der Waals surface area contributed by atoms with Gasteiger partial charge in [-0.2, -0.15) is 0 Å². The number of hydrogen-bond acceptors (Lipinski definition) is 3. The Morgan fingerprint density at radius 1 is 0.947 bits per heavy atom. The van der Waals surface area contributed by atoms with Crippen molar-refractivity contribution >= 4 is 12.1 Å². The molecule has 0 saturated heterocycles. The first-order valence-electron chi connectivity index (χ1n) is 5.82. The minimum absolute atomic E-state index is 0.653. The van der Waals surface area contributed by atoms with Crippen molar-refractivity contribution in [2.45, 2.75) is 0 Å². The first-order valence-corrected chi connectivity index (χ1v) is 5.82. The summed E-state index contributed by atoms with van der Waals surface area (Å²) in [6.07, 6.45) is 0.653. The Morgan fingerprint density at radius 3 is 2.16 bits per heavy atom. The Labute approximate surface area is 112 Å². The van der Waals surface area contributed by atoms with E-state index in [1.165, 1.54) is 0 Å². The van der Waals surface area contributed by atoms with Crippen LogP contribution in [0.5, 0.6) is 11.5 Å². The van der Waals surface area contributed by atoms with Crippen molar-refractivity contribution in [1.29, 1.82) is 0 Å². The molecule has 0 unspecified atom stereocenters. The molecule has 0 spiro atoms. The molecule has 19 heavy (non-hydrogen) atoms. The lowest BCUT2D eigenvalue weighted by molar-refractivity contribution is -0.105. The fourth-order valence-corrected chi connectivity index (χ4v) is 2.01. The van der Waals surface area contributed by atoms with Gasteiger partial charge in [0.15, 0.2) is 0 Å². The van der Waals surface area contributed by atoms with Crippen LogP contribution in [0, 0.1) is 0 Å². The second kappa shape index (κ2) is 5.91. The third-order valence-electron chi connectivity index (χ3n) is 2.84. The molecule has 0 aliphatic rings. The van der Waals surface area contributed by atoms with Gasteiger partial charge in [0.25, 0.3) is 0 Å². The molecule has 0 aromatic heterocycles. The van der Waals surface area contributed by atoms with E-state index in [-0.39, 0.29) is 0 Å². The number of ether oxygens (including phenoxy) is 2. The summed E-state index contributed by atoms with van der Waals surface area (Å²) in [6, 6.07) is 13.1. The molecule has 4 nitrogen and oxygen atoms in total. The summed E-state index contributed by atoms with van der Waals surface area (Å²) >= 11 is 0. The van der Waals surface area contributed by atoms with Crippen molar-refractivity contribution in [3.8, 4) is 22.6 Å². The van der Waals surface area contributed by atoms with Crippen LogP contribution in [0.4, 0.5) is 5.69 Å². The number of anilines is 1. The largest absolute Gasteiger partial charge is 0.496 e. The van der Waals surface area contributed by atoms with Crippen LogP contribution in [0.15, 0.2) is 42.5 Å². The molecule has 98 valence electrons. The van der Waals surface area contributed by atoms with Crippen LogP contribution in [0.1, 0.15) is 0 Å². The van der Waals surface area contributed by atoms with Crippen molar-refractivity contribution in [2.75, 3.05) is 19.5 Å². The zero-order chi connectivity index (χ0) is 13.7. The first kappa shape index (κ1) is 13.0. The Balaban J connectivity index is 2.66. The highest BCUT2D eigenvalue weighted by Gasteiger charge is 2.15. The molecule has 0 radical (unpaired) electrons. The van der Waals surface area contributed by atoms with E-state index in [9.17, 15) is 4.79 Å². The molecule has 0 heterocycles. The lowest BCUT2D eigenvalue weighted by Gasteiger charge is -2.15. The van der Waals surface area contributed by atoms with Gasteiger partial charge in [-0.1, -0.05) is 24.3 Å². The van der Waals surface area contributed by atoms with Crippen LogP contribution in [-0.4, -0.2) is 20.6 Å². The second-order valence-electron chi connectivity index (χ2n) is 3.85. The smallest absolute Gasteiger partial charge is 0.211 e. The average molecular weight is 257 g/mol. The van der Waals surface area contributed by atoms with Crippen LogP contribution in [0.2, 0.25) is 0 Å². The maximum atomic E-state index is 10.7. The van der Waals surface area contributed by atoms with Crippen LogP contribution in [0.3, 0.4) is 0 Å². The van der Waals surface area contributed by atoms with Crippen molar-refractivity contribution in [3.63, 3.8) is 0 Å². The monoisotopic (exact) mass is 257 g/mol. The molecule has 0 aliphatic heterocycles. The van der Waals surface area contributed by atoms with Crippen LogP contribution >= 0.6 is 0 Å². The lowest BCUT2D eigenvalue weighted by Crippen LogP contribution is -1.99. The Kier molecular flexibility index (Phi) is 4.03. The zero-order valence-corrected chi connectivity index (χ0v) is 10.8. The summed E-state index contributed by atoms with van der Waals surface area (Å²) in [5.41, 5.74) is 2.38. The average Bonchev–Trinajstić information content (AvgIpc) is 2.47. The van der Waals surface area contributed by atoms with Crippen LogP contribution in [0.25, 0.3) is 11.1 Å². The summed E-state index contributed by atoms with van der Waals surface area (Å²) in [7, 11) is 3.21. The minimum atomic E-state index is 0.653. The van der Waals surface area contributed by atoms with Crippen molar-refractivity contribution in [3.05, 3.63) is 42.5 Å². The fourth-order valence-electron chi connectivity index (χ4n) is 2.01. The highest BCUT2D eigenvalue weighted by Crippen LogP contribution is 2.41. The molecular weight excluding hydrogens is 242 g/mol. The van der Waals surface area contributed by atoms with Crippen LogP contribution in [-0.2, 0) is 4.79 Å². The number of amides is 1. The molecule has 0 atom stereocenters. The maximum Gasteiger partial charge on any atom is 0.211 e. The fraction of sp³-hybridized carbons (Fsp3) is 0.133. The number of carbonyl (C=O) groups is 1. The van der Waals surface area contributed by atoms with Gasteiger partial charge in [-0.05, 0) is 18.2 Å². The molecule has 0 saturated carbocycles. The number of carbonyl (C=O) groups excluding carboxylic acids is 1.